The normalized spacial score (nSPS) is 13.9. The Bertz CT molecular complexity index is 566. The van der Waals surface area contributed by atoms with Gasteiger partial charge in [0.25, 0.3) is 5.69 Å². The van der Waals surface area contributed by atoms with Crippen LogP contribution in [0.2, 0.25) is 0 Å². The average molecular weight is 274 g/mol. The van der Waals surface area contributed by atoms with Crippen molar-refractivity contribution in [3.05, 3.63) is 64.1 Å². The van der Waals surface area contributed by atoms with Crippen LogP contribution in [-0.2, 0) is 0 Å². The van der Waals surface area contributed by atoms with Crippen molar-refractivity contribution < 1.29 is 9.34 Å². The number of nitro groups is 1. The van der Waals surface area contributed by atoms with E-state index in [-0.39, 0.29) is 22.7 Å². The monoisotopic (exact) mass is 274 g/mol. The van der Waals surface area contributed by atoms with E-state index in [1.807, 2.05) is 32.0 Å². The number of non-ortho nitro benzene ring substituents is 1. The summed E-state index contributed by atoms with van der Waals surface area (Å²) in [5.74, 6) is 0.855. The van der Waals surface area contributed by atoms with Crippen molar-refractivity contribution in [2.75, 3.05) is 0 Å². The molecule has 0 aliphatic heterocycles. The van der Waals surface area contributed by atoms with E-state index in [0.717, 1.165) is 17.7 Å². The molecular formula is C15H18N2O3. The Morgan fingerprint density at radius 3 is 2.75 bits per heavy atom. The van der Waals surface area contributed by atoms with Crippen LogP contribution in [0.5, 0.6) is 0 Å². The van der Waals surface area contributed by atoms with Crippen LogP contribution < -0.4 is 5.32 Å². The van der Waals surface area contributed by atoms with Gasteiger partial charge in [-0.1, -0.05) is 19.1 Å². The van der Waals surface area contributed by atoms with Crippen molar-refractivity contribution >= 4 is 5.69 Å². The third kappa shape index (κ3) is 3.24. The van der Waals surface area contributed by atoms with Crippen LogP contribution in [0.3, 0.4) is 0 Å². The van der Waals surface area contributed by atoms with Gasteiger partial charge in [-0.2, -0.15) is 0 Å². The minimum absolute atomic E-state index is 0.0502. The Labute approximate surface area is 117 Å². The van der Waals surface area contributed by atoms with E-state index in [2.05, 4.69) is 5.32 Å². The van der Waals surface area contributed by atoms with E-state index < -0.39 is 0 Å². The average Bonchev–Trinajstić information content (AvgIpc) is 2.99. The van der Waals surface area contributed by atoms with Gasteiger partial charge in [0.2, 0.25) is 0 Å². The second-order valence-electron chi connectivity index (χ2n) is 4.72. The summed E-state index contributed by atoms with van der Waals surface area (Å²) in [5.41, 5.74) is 1.04. The Hall–Kier alpha value is -2.14. The lowest BCUT2D eigenvalue weighted by Gasteiger charge is -2.21. The molecule has 0 fully saturated rings. The zero-order valence-corrected chi connectivity index (χ0v) is 11.6. The highest BCUT2D eigenvalue weighted by Crippen LogP contribution is 2.25. The minimum atomic E-state index is -0.369. The van der Waals surface area contributed by atoms with E-state index in [1.165, 1.54) is 6.07 Å². The van der Waals surface area contributed by atoms with Gasteiger partial charge >= 0.3 is 0 Å². The molecular weight excluding hydrogens is 256 g/mol. The number of furan rings is 1. The summed E-state index contributed by atoms with van der Waals surface area (Å²) in [5, 5.41) is 14.3. The van der Waals surface area contributed by atoms with Crippen LogP contribution in [0.1, 0.15) is 43.7 Å². The summed E-state index contributed by atoms with van der Waals surface area (Å²) in [4.78, 5) is 10.5. The van der Waals surface area contributed by atoms with Crippen LogP contribution in [0.4, 0.5) is 5.69 Å². The first kappa shape index (κ1) is 14.3. The highest BCUT2D eigenvalue weighted by atomic mass is 16.6. The summed E-state index contributed by atoms with van der Waals surface area (Å²) >= 11 is 0. The topological polar surface area (TPSA) is 68.3 Å². The molecule has 0 spiro atoms. The molecule has 5 nitrogen and oxygen atoms in total. The lowest BCUT2D eigenvalue weighted by Crippen LogP contribution is -2.24. The fourth-order valence-corrected chi connectivity index (χ4v) is 2.23. The second kappa shape index (κ2) is 6.34. The molecule has 0 saturated heterocycles. The molecule has 1 N–H and O–H groups in total. The number of nitrogens with zero attached hydrogens (tertiary/aromatic N) is 1. The van der Waals surface area contributed by atoms with E-state index in [4.69, 9.17) is 4.42 Å². The summed E-state index contributed by atoms with van der Waals surface area (Å²) in [6, 6.07) is 10.6. The Morgan fingerprint density at radius 2 is 2.15 bits per heavy atom. The van der Waals surface area contributed by atoms with Gasteiger partial charge in [-0.05, 0) is 31.0 Å². The molecule has 0 aliphatic rings. The fraction of sp³-hybridized carbons (Fsp3) is 0.333. The predicted octanol–water partition coefficient (Wildman–Crippen LogP) is 3.99. The largest absolute Gasteiger partial charge is 0.468 e. The maximum atomic E-state index is 10.8. The predicted molar refractivity (Wildman–Crippen MR) is 76.4 cm³/mol. The number of hydrogen-bond acceptors (Lipinski definition) is 4. The summed E-state index contributed by atoms with van der Waals surface area (Å²) in [6.45, 7) is 4.06. The van der Waals surface area contributed by atoms with E-state index in [9.17, 15) is 10.1 Å². The molecule has 1 heterocycles. The molecule has 106 valence electrons. The first-order valence-electron chi connectivity index (χ1n) is 6.65. The van der Waals surface area contributed by atoms with Crippen molar-refractivity contribution in [2.45, 2.75) is 32.4 Å². The van der Waals surface area contributed by atoms with Crippen LogP contribution in [-0.4, -0.2) is 4.92 Å². The first-order valence-corrected chi connectivity index (χ1v) is 6.65. The maximum Gasteiger partial charge on any atom is 0.269 e. The molecule has 2 aromatic rings. The molecule has 0 saturated carbocycles. The molecule has 1 aromatic heterocycles. The number of hydrogen-bond donors (Lipinski definition) is 1. The van der Waals surface area contributed by atoms with Gasteiger partial charge < -0.3 is 9.73 Å². The van der Waals surface area contributed by atoms with Crippen LogP contribution >= 0.6 is 0 Å². The fourth-order valence-electron chi connectivity index (χ4n) is 2.23. The zero-order valence-electron chi connectivity index (χ0n) is 11.6. The van der Waals surface area contributed by atoms with Gasteiger partial charge in [0, 0.05) is 18.2 Å². The van der Waals surface area contributed by atoms with Crippen LogP contribution in [0.25, 0.3) is 0 Å². The third-order valence-electron chi connectivity index (χ3n) is 3.31. The number of benzene rings is 1. The molecule has 0 amide bonds. The number of rotatable bonds is 6. The molecule has 0 radical (unpaired) electrons. The quantitative estimate of drug-likeness (QED) is 0.638. The zero-order chi connectivity index (χ0) is 14.5. The number of nitrogens with one attached hydrogen (secondary N) is 1. The van der Waals surface area contributed by atoms with Gasteiger partial charge in [-0.15, -0.1) is 0 Å². The van der Waals surface area contributed by atoms with E-state index >= 15 is 0 Å². The Morgan fingerprint density at radius 1 is 1.35 bits per heavy atom. The third-order valence-corrected chi connectivity index (χ3v) is 3.31. The maximum absolute atomic E-state index is 10.8. The van der Waals surface area contributed by atoms with Gasteiger partial charge in [0.15, 0.2) is 0 Å². The van der Waals surface area contributed by atoms with Crippen LogP contribution in [0.15, 0.2) is 47.1 Å². The highest BCUT2D eigenvalue weighted by Gasteiger charge is 2.17. The van der Waals surface area contributed by atoms with Gasteiger partial charge in [-0.25, -0.2) is 0 Å². The SMILES string of the molecule is CCC(N[C@H](C)c1ccco1)c1cccc([N+](=O)[O-])c1. The van der Waals surface area contributed by atoms with Gasteiger partial charge in [-0.3, -0.25) is 10.1 Å². The lowest BCUT2D eigenvalue weighted by molar-refractivity contribution is -0.384. The molecule has 1 aromatic carbocycles. The van der Waals surface area contributed by atoms with Crippen molar-refractivity contribution in [3.8, 4) is 0 Å². The van der Waals surface area contributed by atoms with Crippen molar-refractivity contribution in [1.82, 2.24) is 5.32 Å². The first-order chi connectivity index (χ1) is 9.61. The second-order valence-corrected chi connectivity index (χ2v) is 4.72. The van der Waals surface area contributed by atoms with Crippen LogP contribution in [0, 0.1) is 10.1 Å². The summed E-state index contributed by atoms with van der Waals surface area (Å²) < 4.78 is 5.37. The van der Waals surface area contributed by atoms with Crippen molar-refractivity contribution in [3.63, 3.8) is 0 Å². The number of nitro benzene ring substituents is 1. The Kier molecular flexibility index (Phi) is 4.53. The smallest absolute Gasteiger partial charge is 0.269 e. The van der Waals surface area contributed by atoms with E-state index in [1.54, 1.807) is 18.4 Å². The molecule has 0 aliphatic carbocycles. The molecule has 0 bridgehead atoms. The lowest BCUT2D eigenvalue weighted by atomic mass is 10.0. The standard InChI is InChI=1S/C15H18N2O3/c1-3-14(16-11(2)15-8-5-9-20-15)12-6-4-7-13(10-12)17(18)19/h4-11,14,16H,3H2,1-2H3/t11-,14?/m1/s1. The molecule has 1 unspecified atom stereocenters. The Balaban J connectivity index is 2.15. The summed E-state index contributed by atoms with van der Waals surface area (Å²) in [6.07, 6.45) is 2.48. The minimum Gasteiger partial charge on any atom is -0.468 e. The molecule has 5 heteroatoms. The molecule has 2 atom stereocenters. The molecule has 2 rings (SSSR count). The van der Waals surface area contributed by atoms with Crippen molar-refractivity contribution in [2.24, 2.45) is 0 Å². The van der Waals surface area contributed by atoms with E-state index in [0.29, 0.717) is 0 Å². The summed E-state index contributed by atoms with van der Waals surface area (Å²) in [7, 11) is 0. The highest BCUT2D eigenvalue weighted by molar-refractivity contribution is 5.35. The molecule has 20 heavy (non-hydrogen) atoms. The van der Waals surface area contributed by atoms with Crippen molar-refractivity contribution in [1.29, 1.82) is 0 Å². The van der Waals surface area contributed by atoms with Gasteiger partial charge in [0.1, 0.15) is 5.76 Å². The van der Waals surface area contributed by atoms with Gasteiger partial charge in [0.05, 0.1) is 17.2 Å².